The monoisotopic (exact) mass is 348 g/mol. The number of benzene rings is 1. The van der Waals surface area contributed by atoms with Gasteiger partial charge < -0.3 is 5.73 Å². The molecule has 0 aliphatic rings. The third kappa shape index (κ3) is 4.30. The molecule has 0 unspecified atom stereocenters. The molecule has 0 fully saturated rings. The summed E-state index contributed by atoms with van der Waals surface area (Å²) in [7, 11) is 1.30. The number of halogens is 2. The first-order valence-corrected chi connectivity index (χ1v) is 7.82. The van der Waals surface area contributed by atoms with Crippen LogP contribution in [0.5, 0.6) is 0 Å². The Labute approximate surface area is 111 Å². The quantitative estimate of drug-likeness (QED) is 0.442. The number of nitrogen functional groups attached to an aromatic ring is 1. The van der Waals surface area contributed by atoms with Gasteiger partial charge in [0.15, 0.2) is 0 Å². The number of nitriles is 1. The van der Waals surface area contributed by atoms with Gasteiger partial charge in [-0.2, -0.15) is 5.26 Å². The highest BCUT2D eigenvalue weighted by atomic mass is 127. The Morgan fingerprint density at radius 1 is 1.38 bits per heavy atom. The van der Waals surface area contributed by atoms with Crippen molar-refractivity contribution in [3.63, 3.8) is 0 Å². The maximum atomic E-state index is 13.0. The van der Waals surface area contributed by atoms with Gasteiger partial charge in [-0.25, -0.2) is 4.39 Å². The van der Waals surface area contributed by atoms with E-state index in [1.54, 1.807) is 6.07 Å². The molecule has 16 heavy (non-hydrogen) atoms. The first-order valence-electron chi connectivity index (χ1n) is 4.46. The molecular formula is C11H10FIN2S. The van der Waals surface area contributed by atoms with Gasteiger partial charge in [0.25, 0.3) is 0 Å². The standard InChI is InChI=1S/C9H4FIN2S.C2H6/c10-8-4-9(13)6(1-2-14-11)3-7(8)5-12;1-2/h3-4H,13H2;1-2H3. The highest BCUT2D eigenvalue weighted by Crippen LogP contribution is 2.17. The third-order valence-electron chi connectivity index (χ3n) is 1.48. The minimum absolute atomic E-state index is 0.0399. The van der Waals surface area contributed by atoms with E-state index in [2.05, 4.69) is 11.2 Å². The van der Waals surface area contributed by atoms with E-state index in [1.807, 2.05) is 35.1 Å². The van der Waals surface area contributed by atoms with Crippen LogP contribution in [0.2, 0.25) is 0 Å². The number of hydrogen-bond acceptors (Lipinski definition) is 3. The van der Waals surface area contributed by atoms with Crippen molar-refractivity contribution in [1.82, 2.24) is 0 Å². The number of nitrogens with zero attached hydrogens (tertiary/aromatic N) is 1. The minimum Gasteiger partial charge on any atom is -0.398 e. The van der Waals surface area contributed by atoms with Crippen molar-refractivity contribution >= 4 is 35.8 Å². The molecule has 0 radical (unpaired) electrons. The molecule has 0 saturated heterocycles. The summed E-state index contributed by atoms with van der Waals surface area (Å²) in [4.78, 5) is 0. The highest BCUT2D eigenvalue weighted by Gasteiger charge is 2.05. The van der Waals surface area contributed by atoms with E-state index in [9.17, 15) is 4.39 Å². The molecule has 1 aromatic rings. The summed E-state index contributed by atoms with van der Waals surface area (Å²) in [6, 6.07) is 4.20. The topological polar surface area (TPSA) is 49.8 Å². The van der Waals surface area contributed by atoms with Crippen LogP contribution in [0.1, 0.15) is 25.0 Å². The Kier molecular flexibility index (Phi) is 7.78. The Balaban J connectivity index is 0.00000106. The van der Waals surface area contributed by atoms with Gasteiger partial charge in [0.05, 0.1) is 11.3 Å². The van der Waals surface area contributed by atoms with Crippen molar-refractivity contribution in [2.75, 3.05) is 5.73 Å². The molecule has 0 spiro atoms. The second kappa shape index (κ2) is 8.26. The molecule has 0 aromatic heterocycles. The van der Waals surface area contributed by atoms with Crippen LogP contribution in [0, 0.1) is 28.3 Å². The molecule has 0 amide bonds. The Morgan fingerprint density at radius 2 is 2.00 bits per heavy atom. The fourth-order valence-electron chi connectivity index (χ4n) is 0.857. The largest absolute Gasteiger partial charge is 0.398 e. The van der Waals surface area contributed by atoms with E-state index in [0.29, 0.717) is 5.56 Å². The SMILES string of the molecule is CC.N#Cc1cc(C#CSI)c(N)cc1F. The van der Waals surface area contributed by atoms with Gasteiger partial charge in [-0.1, -0.05) is 19.8 Å². The fourth-order valence-corrected chi connectivity index (χ4v) is 1.34. The third-order valence-corrected chi connectivity index (χ3v) is 2.32. The lowest BCUT2D eigenvalue weighted by Crippen LogP contribution is -1.94. The molecule has 2 nitrogen and oxygen atoms in total. The van der Waals surface area contributed by atoms with E-state index in [0.717, 1.165) is 6.07 Å². The van der Waals surface area contributed by atoms with Crippen LogP contribution in [-0.2, 0) is 0 Å². The van der Waals surface area contributed by atoms with Gasteiger partial charge in [0, 0.05) is 26.8 Å². The second-order valence-electron chi connectivity index (χ2n) is 2.34. The van der Waals surface area contributed by atoms with E-state index < -0.39 is 5.82 Å². The molecular weight excluding hydrogens is 338 g/mol. The Morgan fingerprint density at radius 3 is 2.50 bits per heavy atom. The zero-order valence-electron chi connectivity index (χ0n) is 8.84. The highest BCUT2D eigenvalue weighted by molar-refractivity contribution is 14.2. The zero-order chi connectivity index (χ0) is 12.6. The van der Waals surface area contributed by atoms with Gasteiger partial charge in [-0.05, 0) is 26.3 Å². The summed E-state index contributed by atoms with van der Waals surface area (Å²) >= 11 is 2.01. The number of nitrogens with two attached hydrogens (primary N) is 1. The summed E-state index contributed by atoms with van der Waals surface area (Å²) in [5.41, 5.74) is 6.21. The van der Waals surface area contributed by atoms with E-state index in [4.69, 9.17) is 11.0 Å². The lowest BCUT2D eigenvalue weighted by atomic mass is 10.1. The van der Waals surface area contributed by atoms with Gasteiger partial charge in [-0.15, -0.1) is 0 Å². The van der Waals surface area contributed by atoms with Crippen LogP contribution >= 0.6 is 30.1 Å². The van der Waals surface area contributed by atoms with Crippen molar-refractivity contribution in [2.24, 2.45) is 0 Å². The number of rotatable bonds is 0. The number of hydrogen-bond donors (Lipinski definition) is 1. The summed E-state index contributed by atoms with van der Waals surface area (Å²) in [5.74, 6) is 2.11. The van der Waals surface area contributed by atoms with Gasteiger partial charge >= 0.3 is 0 Å². The predicted octanol–water partition coefficient (Wildman–Crippen LogP) is 3.70. The maximum absolute atomic E-state index is 13.0. The van der Waals surface area contributed by atoms with Crippen LogP contribution in [0.4, 0.5) is 10.1 Å². The first kappa shape index (κ1) is 15.1. The minimum atomic E-state index is -0.613. The van der Waals surface area contributed by atoms with Crippen LogP contribution in [-0.4, -0.2) is 0 Å². The zero-order valence-corrected chi connectivity index (χ0v) is 11.8. The van der Waals surface area contributed by atoms with Crippen LogP contribution in [0.3, 0.4) is 0 Å². The molecule has 5 heteroatoms. The fraction of sp³-hybridized carbons (Fsp3) is 0.182. The van der Waals surface area contributed by atoms with Gasteiger partial charge in [-0.3, -0.25) is 0 Å². The van der Waals surface area contributed by atoms with Crippen molar-refractivity contribution in [3.8, 4) is 17.2 Å². The van der Waals surface area contributed by atoms with Gasteiger partial charge in [0.1, 0.15) is 11.9 Å². The van der Waals surface area contributed by atoms with Crippen molar-refractivity contribution in [2.45, 2.75) is 13.8 Å². The molecule has 84 valence electrons. The van der Waals surface area contributed by atoms with E-state index >= 15 is 0 Å². The molecule has 2 N–H and O–H groups in total. The summed E-state index contributed by atoms with van der Waals surface area (Å²) in [6.45, 7) is 4.00. The first-order chi connectivity index (χ1) is 7.69. The maximum Gasteiger partial charge on any atom is 0.143 e. The molecule has 0 aliphatic carbocycles. The summed E-state index contributed by atoms with van der Waals surface area (Å²) in [5, 5.41) is 11.3. The average Bonchev–Trinajstić information content (AvgIpc) is 2.31. The van der Waals surface area contributed by atoms with Gasteiger partial charge in [0.2, 0.25) is 0 Å². The molecule has 0 bridgehead atoms. The lowest BCUT2D eigenvalue weighted by Gasteiger charge is -1.99. The molecule has 0 atom stereocenters. The summed E-state index contributed by atoms with van der Waals surface area (Å²) < 4.78 is 13.0. The van der Waals surface area contributed by atoms with Crippen molar-refractivity contribution in [3.05, 3.63) is 29.1 Å². The van der Waals surface area contributed by atoms with Crippen molar-refractivity contribution in [1.29, 1.82) is 5.26 Å². The molecule has 0 aliphatic heterocycles. The predicted molar refractivity (Wildman–Crippen MR) is 75.4 cm³/mol. The molecule has 1 rings (SSSR count). The smallest absolute Gasteiger partial charge is 0.143 e. The van der Waals surface area contributed by atoms with Crippen LogP contribution in [0.25, 0.3) is 0 Å². The van der Waals surface area contributed by atoms with E-state index in [1.165, 1.54) is 15.0 Å². The Hall–Kier alpha value is -0.920. The Bertz CT molecular complexity index is 458. The lowest BCUT2D eigenvalue weighted by molar-refractivity contribution is 0.624. The van der Waals surface area contributed by atoms with E-state index in [-0.39, 0.29) is 11.3 Å². The molecule has 0 heterocycles. The second-order valence-corrected chi connectivity index (χ2v) is 4.01. The van der Waals surface area contributed by atoms with Crippen molar-refractivity contribution < 1.29 is 4.39 Å². The summed E-state index contributed by atoms with van der Waals surface area (Å²) in [6.07, 6.45) is 0. The number of anilines is 1. The normalized spacial score (nSPS) is 7.94. The van der Waals surface area contributed by atoms with Crippen LogP contribution < -0.4 is 5.73 Å². The van der Waals surface area contributed by atoms with Crippen LogP contribution in [0.15, 0.2) is 12.1 Å². The molecule has 0 saturated carbocycles. The molecule has 1 aromatic carbocycles. The average molecular weight is 348 g/mol.